The summed E-state index contributed by atoms with van der Waals surface area (Å²) in [6, 6.07) is 3.39. The molecule has 86 valence electrons. The molecular formula is C11H14N2O3. The van der Waals surface area contributed by atoms with Gasteiger partial charge in [-0.1, -0.05) is 0 Å². The fourth-order valence-corrected chi connectivity index (χ4v) is 1.61. The molecule has 1 fully saturated rings. The molecule has 1 saturated heterocycles. The van der Waals surface area contributed by atoms with Crippen LogP contribution in [0.1, 0.15) is 23.2 Å². The van der Waals surface area contributed by atoms with Gasteiger partial charge in [0.25, 0.3) is 5.91 Å². The van der Waals surface area contributed by atoms with E-state index in [1.165, 1.54) is 12.2 Å². The molecule has 1 aliphatic rings. The summed E-state index contributed by atoms with van der Waals surface area (Å²) in [5, 5.41) is 1.38. The van der Waals surface area contributed by atoms with Crippen molar-refractivity contribution in [3.05, 3.63) is 23.9 Å². The number of carbonyl (C=O) groups is 1. The third-order valence-electron chi connectivity index (χ3n) is 2.42. The highest BCUT2D eigenvalue weighted by Crippen LogP contribution is 2.18. The molecule has 16 heavy (non-hydrogen) atoms. The van der Waals surface area contributed by atoms with Gasteiger partial charge in [0.05, 0.1) is 13.7 Å². The van der Waals surface area contributed by atoms with Gasteiger partial charge in [-0.05, 0) is 25.0 Å². The van der Waals surface area contributed by atoms with Gasteiger partial charge in [0.15, 0.2) is 0 Å². The fraction of sp³-hybridized carbons (Fsp3) is 0.455. The quantitative estimate of drug-likeness (QED) is 0.755. The Kier molecular flexibility index (Phi) is 3.36. The normalized spacial score (nSPS) is 15.9. The van der Waals surface area contributed by atoms with Crippen LogP contribution in [0, 0.1) is 0 Å². The topological polar surface area (TPSA) is 51.7 Å². The van der Waals surface area contributed by atoms with E-state index >= 15 is 0 Å². The van der Waals surface area contributed by atoms with Crippen LogP contribution in [-0.2, 0) is 4.84 Å². The standard InChI is InChI=1S/C11H14N2O3/c1-15-10-9(5-4-6-12-10)11(14)13-7-2-3-8-16-13/h4-6H,2-3,7-8H2,1H3. The van der Waals surface area contributed by atoms with Crippen molar-refractivity contribution in [1.29, 1.82) is 0 Å². The summed E-state index contributed by atoms with van der Waals surface area (Å²) >= 11 is 0. The second-order valence-corrected chi connectivity index (χ2v) is 3.51. The molecule has 1 amide bonds. The van der Waals surface area contributed by atoms with Crippen LogP contribution in [0.3, 0.4) is 0 Å². The summed E-state index contributed by atoms with van der Waals surface area (Å²) in [6.45, 7) is 1.21. The smallest absolute Gasteiger partial charge is 0.282 e. The zero-order chi connectivity index (χ0) is 11.4. The van der Waals surface area contributed by atoms with E-state index in [1.54, 1.807) is 18.3 Å². The molecule has 2 heterocycles. The summed E-state index contributed by atoms with van der Waals surface area (Å²) in [6.07, 6.45) is 3.55. The molecule has 1 aliphatic heterocycles. The number of hydrogen-bond acceptors (Lipinski definition) is 4. The maximum absolute atomic E-state index is 12.1. The number of aromatic nitrogens is 1. The van der Waals surface area contributed by atoms with Crippen molar-refractivity contribution in [2.75, 3.05) is 20.3 Å². The molecule has 0 radical (unpaired) electrons. The van der Waals surface area contributed by atoms with Gasteiger partial charge in [-0.2, -0.15) is 0 Å². The van der Waals surface area contributed by atoms with E-state index in [4.69, 9.17) is 9.57 Å². The van der Waals surface area contributed by atoms with Crippen LogP contribution in [0.15, 0.2) is 18.3 Å². The molecule has 0 aliphatic carbocycles. The molecule has 0 bridgehead atoms. The molecule has 0 saturated carbocycles. The van der Waals surface area contributed by atoms with E-state index in [2.05, 4.69) is 4.98 Å². The number of pyridine rings is 1. The fourth-order valence-electron chi connectivity index (χ4n) is 1.61. The predicted molar refractivity (Wildman–Crippen MR) is 57.0 cm³/mol. The lowest BCUT2D eigenvalue weighted by Gasteiger charge is -2.26. The lowest BCUT2D eigenvalue weighted by atomic mass is 10.2. The lowest BCUT2D eigenvalue weighted by molar-refractivity contribution is -0.144. The lowest BCUT2D eigenvalue weighted by Crippen LogP contribution is -2.36. The van der Waals surface area contributed by atoms with Crippen LogP contribution < -0.4 is 4.74 Å². The minimum Gasteiger partial charge on any atom is -0.480 e. The van der Waals surface area contributed by atoms with Gasteiger partial charge in [-0.15, -0.1) is 0 Å². The Morgan fingerprint density at radius 2 is 2.44 bits per heavy atom. The summed E-state index contributed by atoms with van der Waals surface area (Å²) in [5.74, 6) is 0.145. The van der Waals surface area contributed by atoms with Crippen LogP contribution in [0.5, 0.6) is 5.88 Å². The van der Waals surface area contributed by atoms with Crippen LogP contribution in [0.4, 0.5) is 0 Å². The zero-order valence-corrected chi connectivity index (χ0v) is 9.18. The zero-order valence-electron chi connectivity index (χ0n) is 9.18. The van der Waals surface area contributed by atoms with Crippen molar-refractivity contribution in [2.45, 2.75) is 12.8 Å². The van der Waals surface area contributed by atoms with E-state index in [-0.39, 0.29) is 5.91 Å². The maximum Gasteiger partial charge on any atom is 0.282 e. The van der Waals surface area contributed by atoms with Gasteiger partial charge < -0.3 is 4.74 Å². The van der Waals surface area contributed by atoms with E-state index in [9.17, 15) is 4.79 Å². The van der Waals surface area contributed by atoms with E-state index in [0.29, 0.717) is 24.6 Å². The number of hydroxylamine groups is 2. The SMILES string of the molecule is COc1ncccc1C(=O)N1CCCCO1. The number of methoxy groups -OCH3 is 1. The summed E-state index contributed by atoms with van der Waals surface area (Å²) in [4.78, 5) is 21.3. The van der Waals surface area contributed by atoms with Gasteiger partial charge in [0.2, 0.25) is 5.88 Å². The van der Waals surface area contributed by atoms with Gasteiger partial charge in [-0.25, -0.2) is 10.0 Å². The molecule has 0 aromatic carbocycles. The van der Waals surface area contributed by atoms with E-state index in [1.807, 2.05) is 0 Å². The van der Waals surface area contributed by atoms with Crippen LogP contribution >= 0.6 is 0 Å². The van der Waals surface area contributed by atoms with Crippen LogP contribution in [0.2, 0.25) is 0 Å². The Labute approximate surface area is 93.9 Å². The molecule has 0 unspecified atom stereocenters. The van der Waals surface area contributed by atoms with E-state index in [0.717, 1.165) is 12.8 Å². The number of ether oxygens (including phenoxy) is 1. The molecule has 2 rings (SSSR count). The first kappa shape index (κ1) is 10.9. The highest BCUT2D eigenvalue weighted by atomic mass is 16.7. The molecule has 5 nitrogen and oxygen atoms in total. The molecule has 1 aromatic rings. The molecule has 5 heteroatoms. The molecule has 0 spiro atoms. The first-order valence-electron chi connectivity index (χ1n) is 5.26. The molecule has 0 N–H and O–H groups in total. The van der Waals surface area contributed by atoms with Crippen molar-refractivity contribution < 1.29 is 14.4 Å². The number of amides is 1. The summed E-state index contributed by atoms with van der Waals surface area (Å²) < 4.78 is 5.04. The van der Waals surface area contributed by atoms with Gasteiger partial charge in [0.1, 0.15) is 5.56 Å². The third kappa shape index (κ3) is 2.14. The second-order valence-electron chi connectivity index (χ2n) is 3.51. The summed E-state index contributed by atoms with van der Waals surface area (Å²) in [7, 11) is 1.50. The molecular weight excluding hydrogens is 208 g/mol. The number of hydrogen-bond donors (Lipinski definition) is 0. The highest BCUT2D eigenvalue weighted by molar-refractivity contribution is 5.95. The van der Waals surface area contributed by atoms with Crippen molar-refractivity contribution in [3.8, 4) is 5.88 Å². The van der Waals surface area contributed by atoms with Crippen molar-refractivity contribution >= 4 is 5.91 Å². The van der Waals surface area contributed by atoms with Gasteiger partial charge in [0, 0.05) is 12.7 Å². The Morgan fingerprint density at radius 3 is 3.12 bits per heavy atom. The average Bonchev–Trinajstić information content (AvgIpc) is 2.39. The largest absolute Gasteiger partial charge is 0.480 e. The first-order valence-corrected chi connectivity index (χ1v) is 5.26. The van der Waals surface area contributed by atoms with Crippen molar-refractivity contribution in [3.63, 3.8) is 0 Å². The Morgan fingerprint density at radius 1 is 1.56 bits per heavy atom. The molecule has 0 atom stereocenters. The third-order valence-corrected chi connectivity index (χ3v) is 2.42. The van der Waals surface area contributed by atoms with Crippen LogP contribution in [-0.4, -0.2) is 36.2 Å². The average molecular weight is 222 g/mol. The Bertz CT molecular complexity index is 375. The maximum atomic E-state index is 12.1. The van der Waals surface area contributed by atoms with Gasteiger partial charge >= 0.3 is 0 Å². The van der Waals surface area contributed by atoms with Crippen molar-refractivity contribution in [1.82, 2.24) is 10.0 Å². The minimum absolute atomic E-state index is 0.190. The van der Waals surface area contributed by atoms with Gasteiger partial charge in [-0.3, -0.25) is 9.63 Å². The summed E-state index contributed by atoms with van der Waals surface area (Å²) in [5.41, 5.74) is 0.437. The second kappa shape index (κ2) is 4.94. The van der Waals surface area contributed by atoms with Crippen LogP contribution in [0.25, 0.3) is 0 Å². The Balaban J connectivity index is 2.19. The van der Waals surface area contributed by atoms with E-state index < -0.39 is 0 Å². The minimum atomic E-state index is -0.190. The number of nitrogens with zero attached hydrogens (tertiary/aromatic N) is 2. The van der Waals surface area contributed by atoms with Crippen molar-refractivity contribution in [2.24, 2.45) is 0 Å². The molecule has 1 aromatic heterocycles. The first-order chi connectivity index (χ1) is 7.83. The number of carbonyl (C=O) groups excluding carboxylic acids is 1. The Hall–Kier alpha value is -1.62. The highest BCUT2D eigenvalue weighted by Gasteiger charge is 2.22. The number of rotatable bonds is 2. The monoisotopic (exact) mass is 222 g/mol. The predicted octanol–water partition coefficient (Wildman–Crippen LogP) is 1.26.